The second-order valence-corrected chi connectivity index (χ2v) is 8.29. The van der Waals surface area contributed by atoms with Crippen LogP contribution in [0.5, 0.6) is 0 Å². The lowest BCUT2D eigenvalue weighted by molar-refractivity contribution is -0.384. The van der Waals surface area contributed by atoms with E-state index in [4.69, 9.17) is 4.74 Å². The molecule has 3 heterocycles. The molecule has 0 bridgehead atoms. The maximum atomic E-state index is 13.0. The maximum absolute atomic E-state index is 13.0. The van der Waals surface area contributed by atoms with Crippen LogP contribution in [-0.4, -0.2) is 41.6 Å². The second kappa shape index (κ2) is 7.21. The number of anilines is 1. The van der Waals surface area contributed by atoms with Crippen LogP contribution >= 0.6 is 0 Å². The van der Waals surface area contributed by atoms with Gasteiger partial charge in [-0.3, -0.25) is 10.1 Å². The highest BCUT2D eigenvalue weighted by Crippen LogP contribution is 2.34. The predicted octanol–water partition coefficient (Wildman–Crippen LogP) is 2.77. The van der Waals surface area contributed by atoms with Gasteiger partial charge in [-0.25, -0.2) is 17.4 Å². The molecule has 10 heteroatoms. The molecule has 1 aliphatic rings. The summed E-state index contributed by atoms with van der Waals surface area (Å²) >= 11 is 0. The fourth-order valence-corrected chi connectivity index (χ4v) is 4.61. The molecule has 0 atom stereocenters. The Kier molecular flexibility index (Phi) is 4.73. The van der Waals surface area contributed by atoms with E-state index in [2.05, 4.69) is 10.3 Å². The zero-order chi connectivity index (χ0) is 19.7. The van der Waals surface area contributed by atoms with E-state index < -0.39 is 14.9 Å². The number of pyridine rings is 1. The van der Waals surface area contributed by atoms with Crippen molar-refractivity contribution in [3.63, 3.8) is 0 Å². The quantitative estimate of drug-likeness (QED) is 0.515. The lowest BCUT2D eigenvalue weighted by Gasteiger charge is -2.24. The Morgan fingerprint density at radius 1 is 1.18 bits per heavy atom. The molecule has 0 amide bonds. The first-order valence-corrected chi connectivity index (χ1v) is 10.2. The van der Waals surface area contributed by atoms with Crippen molar-refractivity contribution >= 4 is 32.4 Å². The van der Waals surface area contributed by atoms with E-state index in [0.29, 0.717) is 31.4 Å². The number of hydrogen-bond acceptors (Lipinski definition) is 7. The highest BCUT2D eigenvalue weighted by atomic mass is 32.2. The van der Waals surface area contributed by atoms with Crippen LogP contribution < -0.4 is 5.32 Å². The van der Waals surface area contributed by atoms with E-state index in [1.165, 1.54) is 24.4 Å². The first-order chi connectivity index (χ1) is 13.5. The lowest BCUT2D eigenvalue weighted by atomic mass is 10.1. The Bertz CT molecular complexity index is 1120. The molecule has 9 nitrogen and oxygen atoms in total. The Hall–Kier alpha value is -2.98. The zero-order valence-corrected chi connectivity index (χ0v) is 15.6. The first kappa shape index (κ1) is 18.4. The molecule has 4 rings (SSSR count). The van der Waals surface area contributed by atoms with Crippen molar-refractivity contribution < 1.29 is 18.1 Å². The van der Waals surface area contributed by atoms with Crippen LogP contribution in [0.4, 0.5) is 11.4 Å². The fourth-order valence-electron chi connectivity index (χ4n) is 3.29. The standard InChI is InChI=1S/C18H18N4O5S/c23-22(24)16-12-19-18-15(17(16)20-13-7-10-27-11-8-13)6-9-21(18)28(25,26)14-4-2-1-3-5-14/h1-6,9,12-13H,7-8,10-11H2,(H,19,20). The summed E-state index contributed by atoms with van der Waals surface area (Å²) in [6.45, 7) is 1.15. The normalized spacial score (nSPS) is 15.6. The summed E-state index contributed by atoms with van der Waals surface area (Å²) in [5.74, 6) is 0. The first-order valence-electron chi connectivity index (χ1n) is 8.78. The van der Waals surface area contributed by atoms with Crippen molar-refractivity contribution in [3.8, 4) is 0 Å². The lowest BCUT2D eigenvalue weighted by Crippen LogP contribution is -2.28. The summed E-state index contributed by atoms with van der Waals surface area (Å²) in [6.07, 6.45) is 3.90. The van der Waals surface area contributed by atoms with Crippen LogP contribution in [0.25, 0.3) is 11.0 Å². The Morgan fingerprint density at radius 2 is 1.89 bits per heavy atom. The highest BCUT2D eigenvalue weighted by Gasteiger charge is 2.26. The van der Waals surface area contributed by atoms with Gasteiger partial charge in [0.25, 0.3) is 10.0 Å². The Labute approximate surface area is 161 Å². The van der Waals surface area contributed by atoms with Gasteiger partial charge in [0.1, 0.15) is 11.9 Å². The van der Waals surface area contributed by atoms with Gasteiger partial charge in [0.15, 0.2) is 5.65 Å². The monoisotopic (exact) mass is 402 g/mol. The van der Waals surface area contributed by atoms with E-state index in [1.807, 2.05) is 0 Å². The number of nitrogens with zero attached hydrogens (tertiary/aromatic N) is 3. The van der Waals surface area contributed by atoms with E-state index in [9.17, 15) is 18.5 Å². The number of rotatable bonds is 5. The van der Waals surface area contributed by atoms with Crippen LogP contribution in [0.15, 0.2) is 53.7 Å². The second-order valence-electron chi connectivity index (χ2n) is 6.47. The van der Waals surface area contributed by atoms with Gasteiger partial charge in [-0.15, -0.1) is 0 Å². The van der Waals surface area contributed by atoms with Crippen molar-refractivity contribution in [1.29, 1.82) is 0 Å². The Morgan fingerprint density at radius 3 is 2.57 bits per heavy atom. The summed E-state index contributed by atoms with van der Waals surface area (Å²) in [6, 6.07) is 9.53. The topological polar surface area (TPSA) is 116 Å². The summed E-state index contributed by atoms with van der Waals surface area (Å²) < 4.78 is 32.3. The molecule has 28 heavy (non-hydrogen) atoms. The third-order valence-electron chi connectivity index (χ3n) is 4.73. The molecule has 1 aromatic carbocycles. The number of aromatic nitrogens is 2. The average molecular weight is 402 g/mol. The minimum atomic E-state index is -3.87. The molecular weight excluding hydrogens is 384 g/mol. The molecule has 0 unspecified atom stereocenters. The maximum Gasteiger partial charge on any atom is 0.311 e. The van der Waals surface area contributed by atoms with E-state index in [0.717, 1.165) is 10.2 Å². The van der Waals surface area contributed by atoms with E-state index in [1.54, 1.807) is 18.2 Å². The van der Waals surface area contributed by atoms with Crippen LogP contribution in [-0.2, 0) is 14.8 Å². The summed E-state index contributed by atoms with van der Waals surface area (Å²) in [5, 5.41) is 15.1. The summed E-state index contributed by atoms with van der Waals surface area (Å²) in [7, 11) is -3.87. The molecule has 0 spiro atoms. The predicted molar refractivity (Wildman–Crippen MR) is 103 cm³/mol. The molecule has 2 aromatic heterocycles. The number of fused-ring (bicyclic) bond motifs is 1. The van der Waals surface area contributed by atoms with Gasteiger partial charge in [-0.05, 0) is 31.0 Å². The van der Waals surface area contributed by atoms with Gasteiger partial charge in [-0.2, -0.15) is 0 Å². The summed E-state index contributed by atoms with van der Waals surface area (Å²) in [5.41, 5.74) is 0.238. The van der Waals surface area contributed by atoms with Crippen molar-refractivity contribution in [2.45, 2.75) is 23.8 Å². The average Bonchev–Trinajstić information content (AvgIpc) is 3.15. The minimum Gasteiger partial charge on any atom is -0.381 e. The van der Waals surface area contributed by atoms with Crippen molar-refractivity contribution in [3.05, 3.63) is 58.9 Å². The zero-order valence-electron chi connectivity index (χ0n) is 14.8. The third kappa shape index (κ3) is 3.20. The van der Waals surface area contributed by atoms with Crippen LogP contribution in [0.2, 0.25) is 0 Å². The molecule has 0 aliphatic carbocycles. The van der Waals surface area contributed by atoms with Crippen molar-refractivity contribution in [2.24, 2.45) is 0 Å². The fraction of sp³-hybridized carbons (Fsp3) is 0.278. The van der Waals surface area contributed by atoms with Gasteiger partial charge in [-0.1, -0.05) is 18.2 Å². The van der Waals surface area contributed by atoms with Gasteiger partial charge < -0.3 is 10.1 Å². The molecule has 1 N–H and O–H groups in total. The van der Waals surface area contributed by atoms with Crippen molar-refractivity contribution in [2.75, 3.05) is 18.5 Å². The van der Waals surface area contributed by atoms with Crippen LogP contribution in [0, 0.1) is 10.1 Å². The molecule has 1 fully saturated rings. The number of nitro groups is 1. The van der Waals surface area contributed by atoms with E-state index in [-0.39, 0.29) is 28.0 Å². The number of hydrogen-bond donors (Lipinski definition) is 1. The molecule has 146 valence electrons. The Balaban J connectivity index is 1.84. The number of ether oxygens (including phenoxy) is 1. The highest BCUT2D eigenvalue weighted by molar-refractivity contribution is 7.90. The number of benzene rings is 1. The molecule has 0 radical (unpaired) electrons. The van der Waals surface area contributed by atoms with Gasteiger partial charge >= 0.3 is 5.69 Å². The minimum absolute atomic E-state index is 0.00660. The van der Waals surface area contributed by atoms with Gasteiger partial charge in [0.2, 0.25) is 0 Å². The SMILES string of the molecule is O=[N+]([O-])c1cnc2c(ccn2S(=O)(=O)c2ccccc2)c1NC1CCOCC1. The third-order valence-corrected chi connectivity index (χ3v) is 6.41. The molecule has 3 aromatic rings. The smallest absolute Gasteiger partial charge is 0.311 e. The molecule has 1 aliphatic heterocycles. The molecule has 1 saturated heterocycles. The van der Waals surface area contributed by atoms with E-state index >= 15 is 0 Å². The van der Waals surface area contributed by atoms with Crippen LogP contribution in [0.3, 0.4) is 0 Å². The van der Waals surface area contributed by atoms with Gasteiger partial charge in [0.05, 0.1) is 15.2 Å². The largest absolute Gasteiger partial charge is 0.381 e. The molecule has 0 saturated carbocycles. The van der Waals surface area contributed by atoms with Crippen molar-refractivity contribution in [1.82, 2.24) is 8.96 Å². The number of nitrogens with one attached hydrogen (secondary N) is 1. The molecular formula is C18H18N4O5S. The van der Waals surface area contributed by atoms with Gasteiger partial charge in [0, 0.05) is 25.5 Å². The summed E-state index contributed by atoms with van der Waals surface area (Å²) in [4.78, 5) is 15.2. The van der Waals surface area contributed by atoms with Crippen LogP contribution in [0.1, 0.15) is 12.8 Å².